The number of carbonyl (C=O) groups excluding carboxylic acids is 1. The average molecular weight is 411 g/mol. The van der Waals surface area contributed by atoms with Crippen LogP contribution in [-0.2, 0) is 4.74 Å². The molecule has 156 valence electrons. The Bertz CT molecular complexity index is 895. The number of nitrogens with one attached hydrogen (secondary N) is 1. The molecule has 1 aromatic heterocycles. The van der Waals surface area contributed by atoms with Gasteiger partial charge in [0.25, 0.3) is 5.91 Å². The van der Waals surface area contributed by atoms with Crippen molar-refractivity contribution in [1.82, 2.24) is 9.97 Å². The van der Waals surface area contributed by atoms with Crippen LogP contribution in [0.3, 0.4) is 0 Å². The molecule has 11 heteroatoms. The lowest BCUT2D eigenvalue weighted by atomic mass is 10.1. The smallest absolute Gasteiger partial charge is 0.276 e. The molecule has 0 aliphatic carbocycles. The lowest BCUT2D eigenvalue weighted by Gasteiger charge is -2.11. The Morgan fingerprint density at radius 2 is 2.17 bits per heavy atom. The number of hydrogen-bond acceptors (Lipinski definition) is 6. The number of nitrogens with zero attached hydrogens (tertiary/aromatic N) is 3. The van der Waals surface area contributed by atoms with Gasteiger partial charge in [-0.1, -0.05) is 0 Å². The highest BCUT2D eigenvalue weighted by Gasteiger charge is 2.18. The van der Waals surface area contributed by atoms with Crippen molar-refractivity contribution in [2.45, 2.75) is 13.2 Å². The second-order valence-corrected chi connectivity index (χ2v) is 5.73. The minimum atomic E-state index is -2.14. The van der Waals surface area contributed by atoms with Crippen molar-refractivity contribution in [2.24, 2.45) is 10.7 Å². The van der Waals surface area contributed by atoms with Crippen molar-refractivity contribution in [3.63, 3.8) is 0 Å². The zero-order valence-electron chi connectivity index (χ0n) is 15.8. The van der Waals surface area contributed by atoms with Crippen LogP contribution < -0.4 is 15.8 Å². The maximum Gasteiger partial charge on any atom is 0.276 e. The summed E-state index contributed by atoms with van der Waals surface area (Å²) in [7, 11) is 1.42. The lowest BCUT2D eigenvalue weighted by molar-refractivity contribution is 0.102. The SMILES string of the molecule is COc1cnc(C(=O)Nc2ccc(F)c([C@@H](F)/N=C(/N)COCCF)c2)c(C)n1. The van der Waals surface area contributed by atoms with Gasteiger partial charge in [-0.2, -0.15) is 0 Å². The van der Waals surface area contributed by atoms with E-state index in [0.717, 1.165) is 12.1 Å². The van der Waals surface area contributed by atoms with Crippen LogP contribution in [0.2, 0.25) is 0 Å². The number of alkyl halides is 2. The molecule has 0 aliphatic heterocycles. The van der Waals surface area contributed by atoms with Crippen LogP contribution in [0.5, 0.6) is 5.88 Å². The second-order valence-electron chi connectivity index (χ2n) is 5.73. The van der Waals surface area contributed by atoms with Gasteiger partial charge in [0.1, 0.15) is 30.6 Å². The van der Waals surface area contributed by atoms with Gasteiger partial charge in [0.05, 0.1) is 25.6 Å². The molecule has 0 bridgehead atoms. The topological polar surface area (TPSA) is 112 Å². The summed E-state index contributed by atoms with van der Waals surface area (Å²) in [5.41, 5.74) is 5.51. The normalized spacial score (nSPS) is 12.5. The van der Waals surface area contributed by atoms with E-state index in [2.05, 4.69) is 20.3 Å². The van der Waals surface area contributed by atoms with Crippen LogP contribution in [0.4, 0.5) is 18.9 Å². The number of amides is 1. The Morgan fingerprint density at radius 3 is 2.83 bits per heavy atom. The third kappa shape index (κ3) is 6.14. The predicted molar refractivity (Wildman–Crippen MR) is 99.9 cm³/mol. The number of amidine groups is 1. The number of rotatable bonds is 9. The summed E-state index contributed by atoms with van der Waals surface area (Å²) < 4.78 is 50.1. The quantitative estimate of drug-likeness (QED) is 0.284. The zero-order valence-corrected chi connectivity index (χ0v) is 15.8. The van der Waals surface area contributed by atoms with Crippen molar-refractivity contribution in [3.05, 3.63) is 47.2 Å². The molecule has 1 amide bonds. The van der Waals surface area contributed by atoms with Crippen LogP contribution in [-0.4, -0.2) is 48.7 Å². The second kappa shape index (κ2) is 10.4. The van der Waals surface area contributed by atoms with Crippen LogP contribution in [0.1, 0.15) is 28.0 Å². The number of aromatic nitrogens is 2. The van der Waals surface area contributed by atoms with Gasteiger partial charge in [-0.3, -0.25) is 4.79 Å². The van der Waals surface area contributed by atoms with E-state index in [-0.39, 0.29) is 36.3 Å². The molecule has 8 nitrogen and oxygen atoms in total. The van der Waals surface area contributed by atoms with Gasteiger partial charge in [-0.15, -0.1) is 0 Å². The van der Waals surface area contributed by atoms with Gasteiger partial charge >= 0.3 is 0 Å². The van der Waals surface area contributed by atoms with Crippen LogP contribution >= 0.6 is 0 Å². The van der Waals surface area contributed by atoms with Gasteiger partial charge in [0.15, 0.2) is 0 Å². The van der Waals surface area contributed by atoms with Crippen molar-refractivity contribution in [2.75, 3.05) is 32.3 Å². The maximum atomic E-state index is 14.4. The monoisotopic (exact) mass is 411 g/mol. The van der Waals surface area contributed by atoms with Gasteiger partial charge in [-0.05, 0) is 25.1 Å². The summed E-state index contributed by atoms with van der Waals surface area (Å²) in [6.45, 7) is 0.343. The Balaban J connectivity index is 2.15. The Kier molecular flexibility index (Phi) is 7.89. The molecule has 2 aromatic rings. The molecule has 0 unspecified atom stereocenters. The van der Waals surface area contributed by atoms with Crippen molar-refractivity contribution in [1.29, 1.82) is 0 Å². The first kappa shape index (κ1) is 22.1. The minimum Gasteiger partial charge on any atom is -0.480 e. The minimum absolute atomic E-state index is 0.0285. The summed E-state index contributed by atoms with van der Waals surface area (Å²) >= 11 is 0. The highest BCUT2D eigenvalue weighted by molar-refractivity contribution is 6.03. The summed E-state index contributed by atoms with van der Waals surface area (Å²) in [6, 6.07) is 3.33. The summed E-state index contributed by atoms with van der Waals surface area (Å²) in [5, 5.41) is 2.49. The van der Waals surface area contributed by atoms with E-state index in [9.17, 15) is 18.0 Å². The van der Waals surface area contributed by atoms with E-state index in [4.69, 9.17) is 15.2 Å². The number of halogens is 3. The Hall–Kier alpha value is -3.21. The van der Waals surface area contributed by atoms with Gasteiger partial charge in [-0.25, -0.2) is 28.1 Å². The first-order valence-corrected chi connectivity index (χ1v) is 8.44. The van der Waals surface area contributed by atoms with Crippen molar-refractivity contribution >= 4 is 17.4 Å². The number of nitrogens with two attached hydrogens (primary N) is 1. The molecule has 0 saturated carbocycles. The molecular weight excluding hydrogens is 391 g/mol. The van der Waals surface area contributed by atoms with Crippen LogP contribution in [0.25, 0.3) is 0 Å². The van der Waals surface area contributed by atoms with Crippen LogP contribution in [0.15, 0.2) is 29.4 Å². The molecular formula is C18H20F3N5O3. The number of aliphatic imine (C=N–C) groups is 1. The number of hydrogen-bond donors (Lipinski definition) is 2. The molecule has 2 rings (SSSR count). The highest BCUT2D eigenvalue weighted by atomic mass is 19.1. The number of methoxy groups -OCH3 is 1. The molecule has 1 heterocycles. The Morgan fingerprint density at radius 1 is 1.41 bits per heavy atom. The molecule has 0 aliphatic rings. The molecule has 0 saturated heterocycles. The standard InChI is InChI=1S/C18H20F3N5O3/c1-10-16(23-8-15(24-10)28-2)18(27)25-11-3-4-13(20)12(7-11)17(21)26-14(22)9-29-6-5-19/h3-4,7-8,17H,5-6,9H2,1-2H3,(H2,22,26)(H,25,27)/t17-/m0/s1. The first-order valence-electron chi connectivity index (χ1n) is 8.44. The number of benzene rings is 1. The van der Waals surface area contributed by atoms with E-state index in [0.29, 0.717) is 5.69 Å². The zero-order chi connectivity index (χ0) is 21.4. The molecule has 0 spiro atoms. The Labute approximate surface area is 165 Å². The summed E-state index contributed by atoms with van der Waals surface area (Å²) in [6.07, 6.45) is -0.860. The number of aryl methyl sites for hydroxylation is 1. The van der Waals surface area contributed by atoms with Crippen molar-refractivity contribution in [3.8, 4) is 5.88 Å². The number of carbonyl (C=O) groups is 1. The average Bonchev–Trinajstić information content (AvgIpc) is 2.69. The molecule has 29 heavy (non-hydrogen) atoms. The van der Waals surface area contributed by atoms with E-state index in [1.807, 2.05) is 0 Å². The third-order valence-electron chi connectivity index (χ3n) is 3.61. The molecule has 3 N–H and O–H groups in total. The van der Waals surface area contributed by atoms with Crippen molar-refractivity contribution < 1.29 is 27.4 Å². The summed E-state index contributed by atoms with van der Waals surface area (Å²) in [4.78, 5) is 23.9. The van der Waals surface area contributed by atoms with E-state index < -0.39 is 30.3 Å². The van der Waals surface area contributed by atoms with Gasteiger partial charge in [0, 0.05) is 11.3 Å². The molecule has 1 aromatic carbocycles. The third-order valence-corrected chi connectivity index (χ3v) is 3.61. The largest absolute Gasteiger partial charge is 0.480 e. The van der Waals surface area contributed by atoms with Crippen LogP contribution in [0, 0.1) is 12.7 Å². The fourth-order valence-electron chi connectivity index (χ4n) is 2.26. The fraction of sp³-hybridized carbons (Fsp3) is 0.333. The first-order chi connectivity index (χ1) is 13.8. The molecule has 0 fully saturated rings. The van der Waals surface area contributed by atoms with E-state index in [1.54, 1.807) is 6.92 Å². The number of ether oxygens (including phenoxy) is 2. The van der Waals surface area contributed by atoms with Gasteiger partial charge < -0.3 is 20.5 Å². The predicted octanol–water partition coefficient (Wildman–Crippen LogP) is 2.50. The lowest BCUT2D eigenvalue weighted by Crippen LogP contribution is -2.21. The molecule has 0 radical (unpaired) electrons. The van der Waals surface area contributed by atoms with E-state index in [1.165, 1.54) is 19.4 Å². The molecule has 1 atom stereocenters. The van der Waals surface area contributed by atoms with Gasteiger partial charge in [0.2, 0.25) is 12.2 Å². The van der Waals surface area contributed by atoms with E-state index >= 15 is 0 Å². The highest BCUT2D eigenvalue weighted by Crippen LogP contribution is 2.25. The number of anilines is 1. The maximum absolute atomic E-state index is 14.4. The fourth-order valence-corrected chi connectivity index (χ4v) is 2.26. The summed E-state index contributed by atoms with van der Waals surface area (Å²) in [5.74, 6) is -1.51.